The molecule has 0 fully saturated rings. The Labute approximate surface area is 135 Å². The van der Waals surface area contributed by atoms with Crippen LogP contribution in [0.25, 0.3) is 0 Å². The molecule has 4 heteroatoms. The highest BCUT2D eigenvalue weighted by Gasteiger charge is 2.02. The third-order valence-electron chi connectivity index (χ3n) is 2.80. The van der Waals surface area contributed by atoms with Gasteiger partial charge in [-0.15, -0.1) is 12.4 Å². The zero-order valence-corrected chi connectivity index (χ0v) is 13.8. The van der Waals surface area contributed by atoms with E-state index in [4.69, 9.17) is 4.74 Å². The van der Waals surface area contributed by atoms with Gasteiger partial charge in [-0.1, -0.05) is 36.4 Å². The Balaban J connectivity index is 0.00000200. The molecule has 20 heavy (non-hydrogen) atoms. The molecule has 0 radical (unpaired) electrons. The van der Waals surface area contributed by atoms with Crippen LogP contribution >= 0.6 is 28.3 Å². The summed E-state index contributed by atoms with van der Waals surface area (Å²) >= 11 is 3.53. The first kappa shape index (κ1) is 17.0. The molecule has 2 aromatic rings. The molecule has 0 bridgehead atoms. The lowest BCUT2D eigenvalue weighted by atomic mass is 10.2. The summed E-state index contributed by atoms with van der Waals surface area (Å²) in [6, 6.07) is 16.6. The van der Waals surface area contributed by atoms with Gasteiger partial charge in [0.1, 0.15) is 5.75 Å². The van der Waals surface area contributed by atoms with Crippen LogP contribution in [0, 0.1) is 0 Å². The minimum atomic E-state index is 0. The highest BCUT2D eigenvalue weighted by atomic mass is 79.9. The van der Waals surface area contributed by atoms with E-state index < -0.39 is 0 Å². The summed E-state index contributed by atoms with van der Waals surface area (Å²) in [6.07, 6.45) is 0. The lowest BCUT2D eigenvalue weighted by Gasteiger charge is -2.09. The van der Waals surface area contributed by atoms with Crippen molar-refractivity contribution in [2.24, 2.45) is 0 Å². The zero-order chi connectivity index (χ0) is 13.5. The average molecular weight is 357 g/mol. The van der Waals surface area contributed by atoms with Crippen molar-refractivity contribution >= 4 is 28.3 Å². The van der Waals surface area contributed by atoms with E-state index in [-0.39, 0.29) is 12.4 Å². The van der Waals surface area contributed by atoms with Crippen LogP contribution < -0.4 is 10.1 Å². The monoisotopic (exact) mass is 355 g/mol. The highest BCUT2D eigenvalue weighted by Crippen LogP contribution is 2.25. The van der Waals surface area contributed by atoms with E-state index in [9.17, 15) is 0 Å². The van der Waals surface area contributed by atoms with Gasteiger partial charge in [0.25, 0.3) is 0 Å². The molecule has 0 saturated heterocycles. The van der Waals surface area contributed by atoms with Gasteiger partial charge in [-0.3, -0.25) is 0 Å². The van der Waals surface area contributed by atoms with Crippen LogP contribution in [-0.4, -0.2) is 6.61 Å². The number of hydrogen-bond acceptors (Lipinski definition) is 2. The van der Waals surface area contributed by atoms with Gasteiger partial charge in [0.05, 0.1) is 11.1 Å². The van der Waals surface area contributed by atoms with Crippen LogP contribution in [0.3, 0.4) is 0 Å². The van der Waals surface area contributed by atoms with E-state index in [2.05, 4.69) is 57.6 Å². The first-order valence-corrected chi connectivity index (χ1v) is 7.24. The molecular formula is C16H19BrClNO. The maximum absolute atomic E-state index is 5.50. The largest absolute Gasteiger partial charge is 0.493 e. The molecule has 0 aliphatic rings. The summed E-state index contributed by atoms with van der Waals surface area (Å²) < 4.78 is 6.51. The molecule has 2 rings (SSSR count). The summed E-state index contributed by atoms with van der Waals surface area (Å²) in [5.41, 5.74) is 2.54. The number of ether oxygens (including phenoxy) is 1. The minimum absolute atomic E-state index is 0. The van der Waals surface area contributed by atoms with E-state index in [1.807, 2.05) is 19.1 Å². The molecular weight excluding hydrogens is 338 g/mol. The zero-order valence-electron chi connectivity index (χ0n) is 11.4. The Bertz CT molecular complexity index is 519. The molecule has 0 amide bonds. The molecule has 1 N–H and O–H groups in total. The maximum Gasteiger partial charge on any atom is 0.133 e. The standard InChI is InChI=1S/C16H18BrNO.ClH/c1-2-19-16-9-8-14(10-15(16)17)12-18-11-13-6-4-3-5-7-13;/h3-10,18H,2,11-12H2,1H3;1H. The molecule has 0 unspecified atom stereocenters. The molecule has 108 valence electrons. The van der Waals surface area contributed by atoms with Crippen LogP contribution in [0.4, 0.5) is 0 Å². The SMILES string of the molecule is CCOc1ccc(CNCc2ccccc2)cc1Br.Cl. The quantitative estimate of drug-likeness (QED) is 0.819. The number of benzene rings is 2. The third kappa shape index (κ3) is 5.16. The summed E-state index contributed by atoms with van der Waals surface area (Å²) in [7, 11) is 0. The first-order chi connectivity index (χ1) is 9.29. The predicted molar refractivity (Wildman–Crippen MR) is 89.5 cm³/mol. The molecule has 0 aliphatic heterocycles. The summed E-state index contributed by atoms with van der Waals surface area (Å²) in [5.74, 6) is 0.898. The van der Waals surface area contributed by atoms with Crippen LogP contribution in [0.1, 0.15) is 18.1 Å². The fourth-order valence-electron chi connectivity index (χ4n) is 1.87. The van der Waals surface area contributed by atoms with Crippen molar-refractivity contribution in [3.63, 3.8) is 0 Å². The fraction of sp³-hybridized carbons (Fsp3) is 0.250. The molecule has 0 spiro atoms. The van der Waals surface area contributed by atoms with Gasteiger partial charge in [0, 0.05) is 13.1 Å². The van der Waals surface area contributed by atoms with Crippen molar-refractivity contribution in [1.82, 2.24) is 5.32 Å². The van der Waals surface area contributed by atoms with Crippen molar-refractivity contribution in [3.05, 3.63) is 64.1 Å². The van der Waals surface area contributed by atoms with Gasteiger partial charge in [-0.25, -0.2) is 0 Å². The Morgan fingerprint density at radius 2 is 1.70 bits per heavy atom. The van der Waals surface area contributed by atoms with Gasteiger partial charge >= 0.3 is 0 Å². The Hall–Kier alpha value is -1.03. The van der Waals surface area contributed by atoms with E-state index >= 15 is 0 Å². The second-order valence-corrected chi connectivity index (χ2v) is 5.14. The fourth-order valence-corrected chi connectivity index (χ4v) is 2.41. The van der Waals surface area contributed by atoms with Gasteiger partial charge in [-0.05, 0) is 46.1 Å². The van der Waals surface area contributed by atoms with Crippen LogP contribution in [0.15, 0.2) is 53.0 Å². The first-order valence-electron chi connectivity index (χ1n) is 6.45. The average Bonchev–Trinajstić information content (AvgIpc) is 2.43. The molecule has 0 saturated carbocycles. The smallest absolute Gasteiger partial charge is 0.133 e. The van der Waals surface area contributed by atoms with E-state index in [1.165, 1.54) is 11.1 Å². The topological polar surface area (TPSA) is 21.3 Å². The second kappa shape index (κ2) is 9.01. The molecule has 2 aromatic carbocycles. The van der Waals surface area contributed by atoms with E-state index in [0.29, 0.717) is 6.61 Å². The van der Waals surface area contributed by atoms with Crippen LogP contribution in [0.5, 0.6) is 5.75 Å². The molecule has 0 aliphatic carbocycles. The van der Waals surface area contributed by atoms with Crippen molar-refractivity contribution in [1.29, 1.82) is 0 Å². The van der Waals surface area contributed by atoms with Crippen molar-refractivity contribution < 1.29 is 4.74 Å². The molecule has 0 atom stereocenters. The molecule has 2 nitrogen and oxygen atoms in total. The Morgan fingerprint density at radius 1 is 1.00 bits per heavy atom. The van der Waals surface area contributed by atoms with E-state index in [0.717, 1.165) is 23.3 Å². The Kier molecular flexibility index (Phi) is 7.67. The van der Waals surface area contributed by atoms with Crippen molar-refractivity contribution in [2.45, 2.75) is 20.0 Å². The summed E-state index contributed by atoms with van der Waals surface area (Å²) in [5, 5.41) is 3.44. The molecule has 0 heterocycles. The third-order valence-corrected chi connectivity index (χ3v) is 3.42. The number of rotatable bonds is 6. The van der Waals surface area contributed by atoms with E-state index in [1.54, 1.807) is 0 Å². The maximum atomic E-state index is 5.50. The Morgan fingerprint density at radius 3 is 2.35 bits per heavy atom. The van der Waals surface area contributed by atoms with Gasteiger partial charge in [0.15, 0.2) is 0 Å². The van der Waals surface area contributed by atoms with Crippen LogP contribution in [-0.2, 0) is 13.1 Å². The van der Waals surface area contributed by atoms with Crippen molar-refractivity contribution in [3.8, 4) is 5.75 Å². The summed E-state index contributed by atoms with van der Waals surface area (Å²) in [4.78, 5) is 0. The normalized spacial score (nSPS) is 9.90. The lowest BCUT2D eigenvalue weighted by molar-refractivity contribution is 0.338. The van der Waals surface area contributed by atoms with Crippen molar-refractivity contribution in [2.75, 3.05) is 6.61 Å². The highest BCUT2D eigenvalue weighted by molar-refractivity contribution is 9.10. The molecule has 0 aromatic heterocycles. The predicted octanol–water partition coefficient (Wildman–Crippen LogP) is 4.56. The lowest BCUT2D eigenvalue weighted by Crippen LogP contribution is -2.12. The summed E-state index contributed by atoms with van der Waals surface area (Å²) in [6.45, 7) is 4.40. The minimum Gasteiger partial charge on any atom is -0.493 e. The number of nitrogens with one attached hydrogen (secondary N) is 1. The second-order valence-electron chi connectivity index (χ2n) is 4.29. The number of hydrogen-bond donors (Lipinski definition) is 1. The van der Waals surface area contributed by atoms with Gasteiger partial charge in [0.2, 0.25) is 0 Å². The van der Waals surface area contributed by atoms with Gasteiger partial charge in [-0.2, -0.15) is 0 Å². The number of halogens is 2. The van der Waals surface area contributed by atoms with Crippen LogP contribution in [0.2, 0.25) is 0 Å². The van der Waals surface area contributed by atoms with Gasteiger partial charge < -0.3 is 10.1 Å².